The first-order chi connectivity index (χ1) is 10.0. The second-order valence-corrected chi connectivity index (χ2v) is 5.77. The van der Waals surface area contributed by atoms with Crippen LogP contribution in [0.1, 0.15) is 36.8 Å². The lowest BCUT2D eigenvalue weighted by molar-refractivity contribution is -0.124. The molecule has 0 spiro atoms. The van der Waals surface area contributed by atoms with E-state index < -0.39 is 6.10 Å². The highest BCUT2D eigenvalue weighted by Crippen LogP contribution is 2.30. The van der Waals surface area contributed by atoms with Crippen molar-refractivity contribution in [3.63, 3.8) is 0 Å². The summed E-state index contributed by atoms with van der Waals surface area (Å²) >= 11 is 0. The summed E-state index contributed by atoms with van der Waals surface area (Å²) in [4.78, 5) is 14.4. The zero-order valence-electron chi connectivity index (χ0n) is 12.7. The Labute approximate surface area is 126 Å². The third kappa shape index (κ3) is 3.43. The third-order valence-corrected chi connectivity index (χ3v) is 4.31. The number of aliphatic hydroxyl groups is 1. The molecule has 1 fully saturated rings. The van der Waals surface area contributed by atoms with Crippen molar-refractivity contribution in [2.45, 2.75) is 45.6 Å². The Morgan fingerprint density at radius 1 is 1.38 bits per heavy atom. The van der Waals surface area contributed by atoms with E-state index in [-0.39, 0.29) is 11.8 Å². The number of hydrogen-bond acceptors (Lipinski definition) is 3. The maximum atomic E-state index is 12.7. The summed E-state index contributed by atoms with van der Waals surface area (Å²) in [5, 5.41) is 18.8. The van der Waals surface area contributed by atoms with Crippen LogP contribution in [-0.2, 0) is 4.79 Å². The predicted octanol–water partition coefficient (Wildman–Crippen LogP) is 2.71. The zero-order chi connectivity index (χ0) is 15.4. The van der Waals surface area contributed by atoms with Crippen molar-refractivity contribution < 1.29 is 9.90 Å². The number of benzene rings is 1. The minimum absolute atomic E-state index is 0.0569. The number of rotatable bonds is 4. The molecule has 1 aromatic carbocycles. The SMILES string of the molecule is Cc1ccc(N(CCC#N)C(=O)C2CCCC2O)cc1C. The average Bonchev–Trinajstić information content (AvgIpc) is 2.89. The molecule has 4 nitrogen and oxygen atoms in total. The van der Waals surface area contributed by atoms with E-state index in [0.29, 0.717) is 19.4 Å². The third-order valence-electron chi connectivity index (χ3n) is 4.31. The first-order valence-corrected chi connectivity index (χ1v) is 7.48. The van der Waals surface area contributed by atoms with Gasteiger partial charge in [-0.1, -0.05) is 6.07 Å². The van der Waals surface area contributed by atoms with Crippen molar-refractivity contribution in [2.75, 3.05) is 11.4 Å². The molecule has 0 bridgehead atoms. The topological polar surface area (TPSA) is 64.3 Å². The molecule has 0 saturated heterocycles. The van der Waals surface area contributed by atoms with Crippen LogP contribution in [0.4, 0.5) is 5.69 Å². The van der Waals surface area contributed by atoms with Gasteiger partial charge in [0.25, 0.3) is 0 Å². The number of nitrogens with zero attached hydrogens (tertiary/aromatic N) is 2. The van der Waals surface area contributed by atoms with Gasteiger partial charge in [0.15, 0.2) is 0 Å². The number of aliphatic hydroxyl groups excluding tert-OH is 1. The van der Waals surface area contributed by atoms with E-state index in [1.165, 1.54) is 5.56 Å². The van der Waals surface area contributed by atoms with Crippen LogP contribution in [-0.4, -0.2) is 23.7 Å². The Kier molecular flexibility index (Phi) is 4.98. The van der Waals surface area contributed by atoms with E-state index in [1.54, 1.807) is 4.90 Å². The lowest BCUT2D eigenvalue weighted by Gasteiger charge is -2.27. The zero-order valence-corrected chi connectivity index (χ0v) is 12.7. The van der Waals surface area contributed by atoms with Gasteiger partial charge in [-0.05, 0) is 56.4 Å². The van der Waals surface area contributed by atoms with Crippen molar-refractivity contribution in [1.29, 1.82) is 5.26 Å². The van der Waals surface area contributed by atoms with Crippen molar-refractivity contribution in [1.82, 2.24) is 0 Å². The number of amides is 1. The highest BCUT2D eigenvalue weighted by atomic mass is 16.3. The molecule has 4 heteroatoms. The maximum absolute atomic E-state index is 12.7. The smallest absolute Gasteiger partial charge is 0.232 e. The monoisotopic (exact) mass is 286 g/mol. The first-order valence-electron chi connectivity index (χ1n) is 7.48. The van der Waals surface area contributed by atoms with Crippen LogP contribution in [0.2, 0.25) is 0 Å². The molecule has 2 rings (SSSR count). The van der Waals surface area contributed by atoms with Gasteiger partial charge in [-0.25, -0.2) is 0 Å². The molecule has 1 aliphatic carbocycles. The van der Waals surface area contributed by atoms with Gasteiger partial charge in [-0.2, -0.15) is 5.26 Å². The number of carbonyl (C=O) groups excluding carboxylic acids is 1. The Morgan fingerprint density at radius 2 is 2.14 bits per heavy atom. The predicted molar refractivity (Wildman–Crippen MR) is 81.8 cm³/mol. The Hall–Kier alpha value is -1.86. The molecule has 112 valence electrons. The van der Waals surface area contributed by atoms with E-state index in [4.69, 9.17) is 5.26 Å². The van der Waals surface area contributed by atoms with E-state index in [1.807, 2.05) is 32.0 Å². The number of anilines is 1. The highest BCUT2D eigenvalue weighted by Gasteiger charge is 2.34. The van der Waals surface area contributed by atoms with Gasteiger partial charge in [0.05, 0.1) is 24.5 Å². The molecular weight excluding hydrogens is 264 g/mol. The minimum Gasteiger partial charge on any atom is -0.392 e. The van der Waals surface area contributed by atoms with Crippen LogP contribution in [0, 0.1) is 31.1 Å². The second kappa shape index (κ2) is 6.73. The van der Waals surface area contributed by atoms with Crippen LogP contribution in [0.25, 0.3) is 0 Å². The van der Waals surface area contributed by atoms with Crippen molar-refractivity contribution in [3.8, 4) is 6.07 Å². The molecule has 2 unspecified atom stereocenters. The molecule has 1 amide bonds. The molecule has 2 atom stereocenters. The summed E-state index contributed by atoms with van der Waals surface area (Å²) in [5.74, 6) is -0.385. The highest BCUT2D eigenvalue weighted by molar-refractivity contribution is 5.95. The van der Waals surface area contributed by atoms with Crippen molar-refractivity contribution >= 4 is 11.6 Å². The number of nitriles is 1. The fraction of sp³-hybridized carbons (Fsp3) is 0.529. The first kappa shape index (κ1) is 15.5. The molecule has 0 heterocycles. The van der Waals surface area contributed by atoms with Gasteiger partial charge in [0.1, 0.15) is 0 Å². The molecule has 1 saturated carbocycles. The van der Waals surface area contributed by atoms with E-state index in [2.05, 4.69) is 6.07 Å². The largest absolute Gasteiger partial charge is 0.392 e. The van der Waals surface area contributed by atoms with E-state index >= 15 is 0 Å². The fourth-order valence-corrected chi connectivity index (χ4v) is 2.85. The van der Waals surface area contributed by atoms with Gasteiger partial charge >= 0.3 is 0 Å². The van der Waals surface area contributed by atoms with Crippen molar-refractivity contribution in [2.24, 2.45) is 5.92 Å². The van der Waals surface area contributed by atoms with Crippen LogP contribution < -0.4 is 4.90 Å². The van der Waals surface area contributed by atoms with Gasteiger partial charge in [-0.15, -0.1) is 0 Å². The summed E-state index contributed by atoms with van der Waals surface area (Å²) < 4.78 is 0. The lowest BCUT2D eigenvalue weighted by atomic mass is 10.0. The molecular formula is C17H22N2O2. The quantitative estimate of drug-likeness (QED) is 0.925. The molecule has 21 heavy (non-hydrogen) atoms. The maximum Gasteiger partial charge on any atom is 0.232 e. The Balaban J connectivity index is 2.26. The van der Waals surface area contributed by atoms with Crippen molar-refractivity contribution in [3.05, 3.63) is 29.3 Å². The summed E-state index contributed by atoms with van der Waals surface area (Å²) in [6.07, 6.45) is 2.05. The molecule has 1 aromatic rings. The minimum atomic E-state index is -0.548. The second-order valence-electron chi connectivity index (χ2n) is 5.77. The fourth-order valence-electron chi connectivity index (χ4n) is 2.85. The summed E-state index contributed by atoms with van der Waals surface area (Å²) in [7, 11) is 0. The molecule has 1 N–H and O–H groups in total. The Bertz CT molecular complexity index is 562. The van der Waals surface area contributed by atoms with Gasteiger partial charge in [0, 0.05) is 12.2 Å². The van der Waals surface area contributed by atoms with Crippen LogP contribution in [0.3, 0.4) is 0 Å². The molecule has 0 aliphatic heterocycles. The van der Waals surface area contributed by atoms with Crippen LogP contribution in [0.15, 0.2) is 18.2 Å². The summed E-state index contributed by atoms with van der Waals surface area (Å²) in [6.45, 7) is 4.42. The van der Waals surface area contributed by atoms with E-state index in [9.17, 15) is 9.90 Å². The number of carbonyl (C=O) groups is 1. The van der Waals surface area contributed by atoms with Gasteiger partial charge in [0.2, 0.25) is 5.91 Å². The lowest BCUT2D eigenvalue weighted by Crippen LogP contribution is -2.39. The summed E-state index contributed by atoms with van der Waals surface area (Å²) in [5.41, 5.74) is 3.11. The summed E-state index contributed by atoms with van der Waals surface area (Å²) in [6, 6.07) is 7.98. The normalized spacial score (nSPS) is 21.0. The standard InChI is InChI=1S/C17H22N2O2/c1-12-7-8-14(11-13(12)2)19(10-4-9-18)17(21)15-5-3-6-16(15)20/h7-8,11,15-16,20H,3-6,10H2,1-2H3. The molecule has 1 aliphatic rings. The van der Waals surface area contributed by atoms with Crippen LogP contribution in [0.5, 0.6) is 0 Å². The molecule has 0 aromatic heterocycles. The molecule has 0 radical (unpaired) electrons. The van der Waals surface area contributed by atoms with Gasteiger partial charge < -0.3 is 10.0 Å². The van der Waals surface area contributed by atoms with Gasteiger partial charge in [-0.3, -0.25) is 4.79 Å². The average molecular weight is 286 g/mol. The number of hydrogen-bond donors (Lipinski definition) is 1. The van der Waals surface area contributed by atoms with Crippen LogP contribution >= 0.6 is 0 Å². The van der Waals surface area contributed by atoms with E-state index in [0.717, 1.165) is 24.1 Å². The Morgan fingerprint density at radius 3 is 2.71 bits per heavy atom. The number of aryl methyl sites for hydroxylation is 2.